The fraction of sp³-hybridized carbons (Fsp3) is 0.500. The Morgan fingerprint density at radius 3 is 3.05 bits per heavy atom. The highest BCUT2D eigenvalue weighted by Gasteiger charge is 2.35. The number of hydrogen-bond acceptors (Lipinski definition) is 4. The number of halogens is 1. The minimum Gasteiger partial charge on any atom is -0.337 e. The lowest BCUT2D eigenvalue weighted by Gasteiger charge is -2.37. The fourth-order valence-corrected chi connectivity index (χ4v) is 3.14. The van der Waals surface area contributed by atoms with Gasteiger partial charge in [0, 0.05) is 42.8 Å². The van der Waals surface area contributed by atoms with Crippen molar-refractivity contribution in [3.8, 4) is 0 Å². The van der Waals surface area contributed by atoms with Crippen LogP contribution >= 0.6 is 15.9 Å². The van der Waals surface area contributed by atoms with E-state index in [9.17, 15) is 9.59 Å². The molecule has 0 bridgehead atoms. The molecular formula is C14H17BrN4O2. The number of hydrogen-bond donors (Lipinski definition) is 1. The number of amides is 2. The van der Waals surface area contributed by atoms with Crippen LogP contribution in [-0.4, -0.2) is 58.8 Å². The normalized spacial score (nSPS) is 22.2. The Hall–Kier alpha value is -1.47. The molecule has 0 aliphatic carbocycles. The Balaban J connectivity index is 1.51. The van der Waals surface area contributed by atoms with Gasteiger partial charge in [-0.3, -0.25) is 14.5 Å². The number of pyridine rings is 1. The van der Waals surface area contributed by atoms with Crippen LogP contribution in [0.25, 0.3) is 0 Å². The van der Waals surface area contributed by atoms with Crippen molar-refractivity contribution in [2.24, 2.45) is 0 Å². The Morgan fingerprint density at radius 1 is 1.43 bits per heavy atom. The third kappa shape index (κ3) is 3.41. The first-order valence-electron chi connectivity index (χ1n) is 7.05. The van der Waals surface area contributed by atoms with Crippen molar-refractivity contribution >= 4 is 33.6 Å². The van der Waals surface area contributed by atoms with Crippen molar-refractivity contribution in [3.05, 3.63) is 22.8 Å². The van der Waals surface area contributed by atoms with E-state index in [4.69, 9.17) is 0 Å². The minimum atomic E-state index is -0.0670. The standard InChI is InChI=1S/C14H17BrN4O2/c15-10-1-3-12(16-7-10)17-13(20)9-18-5-6-19-11(8-18)2-4-14(19)21/h1,3,7,11H,2,4-6,8-9H2,(H,16,17,20). The molecule has 0 radical (unpaired) electrons. The first-order valence-corrected chi connectivity index (χ1v) is 7.84. The van der Waals surface area contributed by atoms with Gasteiger partial charge in [-0.15, -0.1) is 0 Å². The van der Waals surface area contributed by atoms with Gasteiger partial charge < -0.3 is 10.2 Å². The molecule has 1 aromatic rings. The summed E-state index contributed by atoms with van der Waals surface area (Å²) in [5.74, 6) is 0.739. The van der Waals surface area contributed by atoms with Crippen molar-refractivity contribution in [1.82, 2.24) is 14.8 Å². The maximum atomic E-state index is 12.0. The minimum absolute atomic E-state index is 0.0670. The van der Waals surface area contributed by atoms with E-state index in [1.54, 1.807) is 12.3 Å². The summed E-state index contributed by atoms with van der Waals surface area (Å²) in [5, 5.41) is 2.79. The summed E-state index contributed by atoms with van der Waals surface area (Å²) >= 11 is 3.31. The molecular weight excluding hydrogens is 336 g/mol. The van der Waals surface area contributed by atoms with E-state index < -0.39 is 0 Å². The molecule has 2 aliphatic heterocycles. The molecule has 3 rings (SSSR count). The van der Waals surface area contributed by atoms with Crippen molar-refractivity contribution < 1.29 is 9.59 Å². The summed E-state index contributed by atoms with van der Waals surface area (Å²) in [6.45, 7) is 2.61. The molecule has 2 fully saturated rings. The van der Waals surface area contributed by atoms with Crippen molar-refractivity contribution in [2.75, 3.05) is 31.5 Å². The maximum absolute atomic E-state index is 12.0. The molecule has 2 saturated heterocycles. The lowest BCUT2D eigenvalue weighted by Crippen LogP contribution is -2.52. The number of fused-ring (bicyclic) bond motifs is 1. The largest absolute Gasteiger partial charge is 0.337 e. The second kappa shape index (κ2) is 6.11. The number of rotatable bonds is 3. The second-order valence-corrected chi connectivity index (χ2v) is 6.34. The predicted octanol–water partition coefficient (Wildman–Crippen LogP) is 1.09. The number of piperazine rings is 1. The van der Waals surface area contributed by atoms with Gasteiger partial charge in [0.05, 0.1) is 6.54 Å². The van der Waals surface area contributed by atoms with Gasteiger partial charge in [-0.05, 0) is 34.5 Å². The van der Waals surface area contributed by atoms with Gasteiger partial charge in [0.2, 0.25) is 11.8 Å². The van der Waals surface area contributed by atoms with E-state index >= 15 is 0 Å². The van der Waals surface area contributed by atoms with Crippen molar-refractivity contribution in [3.63, 3.8) is 0 Å². The lowest BCUT2D eigenvalue weighted by molar-refractivity contribution is -0.130. The highest BCUT2D eigenvalue weighted by Crippen LogP contribution is 2.22. The van der Waals surface area contributed by atoms with Crippen LogP contribution in [0.4, 0.5) is 5.82 Å². The summed E-state index contributed by atoms with van der Waals surface area (Å²) < 4.78 is 0.877. The first kappa shape index (κ1) is 14.5. The zero-order valence-corrected chi connectivity index (χ0v) is 13.2. The van der Waals surface area contributed by atoms with Crippen molar-refractivity contribution in [1.29, 1.82) is 0 Å². The van der Waals surface area contributed by atoms with Gasteiger partial charge in [-0.2, -0.15) is 0 Å². The summed E-state index contributed by atoms with van der Waals surface area (Å²) in [5.41, 5.74) is 0. The molecule has 6 nitrogen and oxygen atoms in total. The van der Waals surface area contributed by atoms with Crippen LogP contribution in [0.15, 0.2) is 22.8 Å². The van der Waals surface area contributed by atoms with Gasteiger partial charge in [-0.25, -0.2) is 4.98 Å². The van der Waals surface area contributed by atoms with Crippen LogP contribution in [0.5, 0.6) is 0 Å². The average Bonchev–Trinajstić information content (AvgIpc) is 2.82. The Morgan fingerprint density at radius 2 is 2.29 bits per heavy atom. The van der Waals surface area contributed by atoms with E-state index in [0.29, 0.717) is 18.8 Å². The molecule has 3 heterocycles. The van der Waals surface area contributed by atoms with E-state index in [2.05, 4.69) is 31.1 Å². The average molecular weight is 353 g/mol. The third-order valence-corrected chi connectivity index (χ3v) is 4.41. The SMILES string of the molecule is O=C(CN1CCN2C(=O)CCC2C1)Nc1ccc(Br)cn1. The highest BCUT2D eigenvalue weighted by atomic mass is 79.9. The summed E-state index contributed by atoms with van der Waals surface area (Å²) in [6.07, 6.45) is 3.21. The third-order valence-electron chi connectivity index (χ3n) is 3.94. The molecule has 1 unspecified atom stereocenters. The second-order valence-electron chi connectivity index (χ2n) is 5.42. The molecule has 0 aromatic carbocycles. The van der Waals surface area contributed by atoms with Crippen LogP contribution < -0.4 is 5.32 Å². The van der Waals surface area contributed by atoms with Crippen LogP contribution in [-0.2, 0) is 9.59 Å². The van der Waals surface area contributed by atoms with Crippen LogP contribution in [0.1, 0.15) is 12.8 Å². The molecule has 2 aliphatic rings. The molecule has 1 N–H and O–H groups in total. The smallest absolute Gasteiger partial charge is 0.239 e. The number of anilines is 1. The lowest BCUT2D eigenvalue weighted by atomic mass is 10.1. The molecule has 1 aromatic heterocycles. The van der Waals surface area contributed by atoms with Crippen LogP contribution in [0.2, 0.25) is 0 Å². The van der Waals surface area contributed by atoms with E-state index in [-0.39, 0.29) is 17.9 Å². The molecule has 0 spiro atoms. The van der Waals surface area contributed by atoms with Crippen LogP contribution in [0, 0.1) is 0 Å². The van der Waals surface area contributed by atoms with Gasteiger partial charge >= 0.3 is 0 Å². The summed E-state index contributed by atoms with van der Waals surface area (Å²) in [4.78, 5) is 31.8. The van der Waals surface area contributed by atoms with Gasteiger partial charge in [0.15, 0.2) is 0 Å². The quantitative estimate of drug-likeness (QED) is 0.884. The summed E-state index contributed by atoms with van der Waals surface area (Å²) in [6, 6.07) is 3.88. The Bertz CT molecular complexity index is 548. The zero-order chi connectivity index (χ0) is 14.8. The topological polar surface area (TPSA) is 65.5 Å². The van der Waals surface area contributed by atoms with Crippen molar-refractivity contribution in [2.45, 2.75) is 18.9 Å². The maximum Gasteiger partial charge on any atom is 0.239 e. The molecule has 0 saturated carbocycles. The number of aromatic nitrogens is 1. The molecule has 112 valence electrons. The van der Waals surface area contributed by atoms with E-state index in [1.807, 2.05) is 11.0 Å². The molecule has 7 heteroatoms. The summed E-state index contributed by atoms with van der Waals surface area (Å²) in [7, 11) is 0. The van der Waals surface area contributed by atoms with Gasteiger partial charge in [0.25, 0.3) is 0 Å². The Labute approximate surface area is 131 Å². The molecule has 1 atom stereocenters. The fourth-order valence-electron chi connectivity index (χ4n) is 2.91. The number of nitrogens with one attached hydrogen (secondary N) is 1. The highest BCUT2D eigenvalue weighted by molar-refractivity contribution is 9.10. The number of nitrogens with zero attached hydrogens (tertiary/aromatic N) is 3. The van der Waals surface area contributed by atoms with Gasteiger partial charge in [-0.1, -0.05) is 0 Å². The first-order chi connectivity index (χ1) is 10.1. The Kier molecular flexibility index (Phi) is 4.21. The van der Waals surface area contributed by atoms with Crippen LogP contribution in [0.3, 0.4) is 0 Å². The zero-order valence-electron chi connectivity index (χ0n) is 11.6. The van der Waals surface area contributed by atoms with Gasteiger partial charge in [0.1, 0.15) is 5.82 Å². The number of carbonyl (C=O) groups excluding carboxylic acids is 2. The van der Waals surface area contributed by atoms with E-state index in [1.165, 1.54) is 0 Å². The monoisotopic (exact) mass is 352 g/mol. The number of carbonyl (C=O) groups is 2. The molecule has 2 amide bonds. The predicted molar refractivity (Wildman–Crippen MR) is 81.7 cm³/mol. The van der Waals surface area contributed by atoms with E-state index in [0.717, 1.165) is 30.5 Å². The molecule has 21 heavy (non-hydrogen) atoms.